The largest absolute Gasteiger partial charge is 0.492 e. The molecule has 2 fully saturated rings. The van der Waals surface area contributed by atoms with Gasteiger partial charge in [0.15, 0.2) is 0 Å². The van der Waals surface area contributed by atoms with Crippen molar-refractivity contribution in [3.05, 3.63) is 84.9 Å². The van der Waals surface area contributed by atoms with E-state index in [0.717, 1.165) is 101 Å². The average molecular weight is 629 g/mol. The monoisotopic (exact) mass is 628 g/mol. The van der Waals surface area contributed by atoms with Gasteiger partial charge in [0.2, 0.25) is 5.91 Å². The maximum absolute atomic E-state index is 14.8. The topological polar surface area (TPSA) is 98.9 Å². The van der Waals surface area contributed by atoms with Crippen LogP contribution in [0.25, 0.3) is 55.4 Å². The minimum atomic E-state index is -0.325. The van der Waals surface area contributed by atoms with Crippen LogP contribution in [0.15, 0.2) is 79.1 Å². The van der Waals surface area contributed by atoms with E-state index in [2.05, 4.69) is 42.5 Å². The Balaban J connectivity index is 1.08. The van der Waals surface area contributed by atoms with Crippen LogP contribution in [0.5, 0.6) is 5.75 Å². The van der Waals surface area contributed by atoms with Crippen LogP contribution in [0, 0.1) is 11.7 Å². The highest BCUT2D eigenvalue weighted by molar-refractivity contribution is 6.02. The standard InChI is InChI=1S/C38H37FN6O2/c39-28-16-26(18-30(20-28)47-15-14-45-12-3-4-13-45)31-8-5-9-34-32(31)21-36(42-34)37-33-19-25(10-11-35(33)43-44-37)27-17-29(23-40-22-27)41-38(46)24-6-1-2-7-24/h5,8-11,16-24,42H,1-4,6-7,12-15H2,(H,41,46)(H,43,44). The van der Waals surface area contributed by atoms with Crippen LogP contribution in [0.1, 0.15) is 38.5 Å². The minimum absolute atomic E-state index is 0.0757. The van der Waals surface area contributed by atoms with Gasteiger partial charge in [-0.1, -0.05) is 31.0 Å². The molecule has 3 aromatic carbocycles. The summed E-state index contributed by atoms with van der Waals surface area (Å²) >= 11 is 0. The molecule has 1 amide bonds. The van der Waals surface area contributed by atoms with Crippen molar-refractivity contribution in [3.63, 3.8) is 0 Å². The molecule has 8 rings (SSSR count). The number of amides is 1. The number of carbonyl (C=O) groups is 1. The van der Waals surface area contributed by atoms with Crippen molar-refractivity contribution in [1.82, 2.24) is 25.1 Å². The van der Waals surface area contributed by atoms with Crippen LogP contribution >= 0.6 is 0 Å². The van der Waals surface area contributed by atoms with E-state index in [1.54, 1.807) is 12.3 Å². The maximum atomic E-state index is 14.8. The lowest BCUT2D eigenvalue weighted by Crippen LogP contribution is -2.25. The second kappa shape index (κ2) is 12.6. The van der Waals surface area contributed by atoms with Crippen LogP contribution in [0.4, 0.5) is 10.1 Å². The van der Waals surface area contributed by atoms with Crippen molar-refractivity contribution in [3.8, 4) is 39.4 Å². The molecule has 3 aromatic heterocycles. The van der Waals surface area contributed by atoms with Crippen molar-refractivity contribution >= 4 is 33.4 Å². The molecule has 0 atom stereocenters. The molecule has 2 aliphatic rings. The van der Waals surface area contributed by atoms with E-state index in [1.807, 2.05) is 48.7 Å². The van der Waals surface area contributed by atoms with Gasteiger partial charge in [0.25, 0.3) is 0 Å². The first-order valence-electron chi connectivity index (χ1n) is 16.6. The fourth-order valence-corrected chi connectivity index (χ4v) is 7.13. The molecule has 0 unspecified atom stereocenters. The Bertz CT molecular complexity index is 2070. The Morgan fingerprint density at radius 3 is 2.64 bits per heavy atom. The molecule has 1 saturated carbocycles. The smallest absolute Gasteiger partial charge is 0.227 e. The van der Waals surface area contributed by atoms with Crippen LogP contribution in [-0.4, -0.2) is 57.2 Å². The van der Waals surface area contributed by atoms with E-state index < -0.39 is 0 Å². The number of nitrogens with zero attached hydrogens (tertiary/aromatic N) is 3. The number of halogens is 1. The van der Waals surface area contributed by atoms with Gasteiger partial charge in [0.05, 0.1) is 23.1 Å². The van der Waals surface area contributed by atoms with Gasteiger partial charge in [-0.25, -0.2) is 4.39 Å². The van der Waals surface area contributed by atoms with Gasteiger partial charge < -0.3 is 15.0 Å². The van der Waals surface area contributed by atoms with Gasteiger partial charge >= 0.3 is 0 Å². The number of ether oxygens (including phenoxy) is 1. The normalized spacial score (nSPS) is 15.6. The highest BCUT2D eigenvalue weighted by atomic mass is 19.1. The van der Waals surface area contributed by atoms with Gasteiger partial charge in [-0.05, 0) is 97.9 Å². The Hall–Kier alpha value is -5.02. The van der Waals surface area contributed by atoms with Gasteiger partial charge in [0, 0.05) is 46.6 Å². The number of fused-ring (bicyclic) bond motifs is 2. The molecule has 0 bridgehead atoms. The zero-order valence-corrected chi connectivity index (χ0v) is 26.2. The van der Waals surface area contributed by atoms with Gasteiger partial charge in [-0.3, -0.25) is 19.8 Å². The lowest BCUT2D eigenvalue weighted by molar-refractivity contribution is -0.119. The first kappa shape index (κ1) is 29.4. The number of anilines is 1. The molecular weight excluding hydrogens is 591 g/mol. The van der Waals surface area contributed by atoms with Crippen molar-refractivity contribution in [2.24, 2.45) is 5.92 Å². The van der Waals surface area contributed by atoms with E-state index >= 15 is 0 Å². The summed E-state index contributed by atoms with van der Waals surface area (Å²) in [7, 11) is 0. The molecule has 47 heavy (non-hydrogen) atoms. The van der Waals surface area contributed by atoms with Crippen molar-refractivity contribution in [2.45, 2.75) is 38.5 Å². The van der Waals surface area contributed by atoms with Gasteiger partial charge in [0.1, 0.15) is 23.9 Å². The molecule has 3 N–H and O–H groups in total. The molecule has 4 heterocycles. The molecule has 0 spiro atoms. The Morgan fingerprint density at radius 1 is 0.894 bits per heavy atom. The van der Waals surface area contributed by atoms with Crippen LogP contribution in [-0.2, 0) is 4.79 Å². The predicted octanol–water partition coefficient (Wildman–Crippen LogP) is 8.18. The summed E-state index contributed by atoms with van der Waals surface area (Å²) in [6, 6.07) is 21.1. The zero-order valence-electron chi connectivity index (χ0n) is 26.2. The van der Waals surface area contributed by atoms with E-state index in [9.17, 15) is 9.18 Å². The van der Waals surface area contributed by atoms with Gasteiger partial charge in [-0.15, -0.1) is 0 Å². The van der Waals surface area contributed by atoms with Gasteiger partial charge in [-0.2, -0.15) is 5.10 Å². The van der Waals surface area contributed by atoms with Crippen LogP contribution < -0.4 is 10.1 Å². The fourth-order valence-electron chi connectivity index (χ4n) is 7.13. The zero-order chi connectivity index (χ0) is 31.7. The highest BCUT2D eigenvalue weighted by Crippen LogP contribution is 2.37. The number of likely N-dealkylation sites (tertiary alicyclic amines) is 1. The van der Waals surface area contributed by atoms with E-state index in [-0.39, 0.29) is 17.6 Å². The first-order valence-corrected chi connectivity index (χ1v) is 16.6. The number of hydrogen-bond donors (Lipinski definition) is 3. The van der Waals surface area contributed by atoms with Crippen molar-refractivity contribution in [2.75, 3.05) is 31.6 Å². The number of hydrogen-bond acceptors (Lipinski definition) is 5. The number of pyridine rings is 1. The summed E-state index contributed by atoms with van der Waals surface area (Å²) in [6.07, 6.45) is 10.1. The Kier molecular flexibility index (Phi) is 7.90. The summed E-state index contributed by atoms with van der Waals surface area (Å²) in [5.74, 6) is 0.372. The number of rotatable bonds is 9. The number of H-pyrrole nitrogens is 2. The maximum Gasteiger partial charge on any atom is 0.227 e. The third kappa shape index (κ3) is 6.11. The molecule has 238 valence electrons. The van der Waals surface area contributed by atoms with Crippen molar-refractivity contribution in [1.29, 1.82) is 0 Å². The first-order chi connectivity index (χ1) is 23.1. The number of aromatic nitrogens is 4. The second-order valence-electron chi connectivity index (χ2n) is 12.8. The lowest BCUT2D eigenvalue weighted by Gasteiger charge is -2.15. The van der Waals surface area contributed by atoms with Crippen molar-refractivity contribution < 1.29 is 13.9 Å². The Morgan fingerprint density at radius 2 is 1.77 bits per heavy atom. The highest BCUT2D eigenvalue weighted by Gasteiger charge is 2.23. The molecule has 1 aliphatic heterocycles. The predicted molar refractivity (Wildman–Crippen MR) is 184 cm³/mol. The number of aromatic amines is 2. The summed E-state index contributed by atoms with van der Waals surface area (Å²) in [5, 5.41) is 12.8. The number of nitrogens with one attached hydrogen (secondary N) is 3. The molecule has 1 saturated heterocycles. The number of carbonyl (C=O) groups excluding carboxylic acids is 1. The molecule has 9 heteroatoms. The quantitative estimate of drug-likeness (QED) is 0.150. The Labute approximate surface area is 272 Å². The third-order valence-electron chi connectivity index (χ3n) is 9.60. The fraction of sp³-hybridized carbons (Fsp3) is 0.289. The van der Waals surface area contributed by atoms with E-state index in [1.165, 1.54) is 18.9 Å². The second-order valence-corrected chi connectivity index (χ2v) is 12.8. The molecule has 0 radical (unpaired) electrons. The summed E-state index contributed by atoms with van der Waals surface area (Å²) in [4.78, 5) is 23.1. The van der Waals surface area contributed by atoms with Crippen LogP contribution in [0.2, 0.25) is 0 Å². The SMILES string of the molecule is O=C(Nc1cncc(-c2ccc3[nH]nc(-c4cc5c(-c6cc(F)cc(OCCN7CCCC7)c6)cccc5[nH]4)c3c2)c1)C1CCCC1. The molecular formula is C38H37FN6O2. The van der Waals surface area contributed by atoms with E-state index in [0.29, 0.717) is 18.0 Å². The summed E-state index contributed by atoms with van der Waals surface area (Å²) in [6.45, 7) is 3.59. The summed E-state index contributed by atoms with van der Waals surface area (Å²) in [5.41, 5.74) is 7.73. The number of benzene rings is 3. The minimum Gasteiger partial charge on any atom is -0.492 e. The third-order valence-corrected chi connectivity index (χ3v) is 9.60. The molecule has 8 nitrogen and oxygen atoms in total. The van der Waals surface area contributed by atoms with E-state index in [4.69, 9.17) is 4.74 Å². The summed E-state index contributed by atoms with van der Waals surface area (Å²) < 4.78 is 20.8. The average Bonchev–Trinajstić information content (AvgIpc) is 3.91. The van der Waals surface area contributed by atoms with Crippen LogP contribution in [0.3, 0.4) is 0 Å². The molecule has 1 aliphatic carbocycles. The lowest BCUT2D eigenvalue weighted by atomic mass is 10.0. The molecule has 6 aromatic rings.